The molecule has 5 nitrogen and oxygen atoms in total. The molecule has 1 aromatic carbocycles. The first-order valence-corrected chi connectivity index (χ1v) is 5.90. The average molecular weight is 252 g/mol. The zero-order valence-corrected chi connectivity index (χ0v) is 10.2. The van der Waals surface area contributed by atoms with Gasteiger partial charge in [-0.25, -0.2) is 14.8 Å². The smallest absolute Gasteiger partial charge is 0.289 e. The third-order valence-electron chi connectivity index (χ3n) is 2.89. The second-order valence-corrected chi connectivity index (χ2v) is 4.17. The third kappa shape index (κ3) is 2.06. The van der Waals surface area contributed by atoms with E-state index in [-0.39, 0.29) is 5.69 Å². The quantitative estimate of drug-likeness (QED) is 0.773. The van der Waals surface area contributed by atoms with Gasteiger partial charge in [0, 0.05) is 0 Å². The second-order valence-electron chi connectivity index (χ2n) is 4.17. The van der Waals surface area contributed by atoms with E-state index >= 15 is 0 Å². The van der Waals surface area contributed by atoms with Gasteiger partial charge in [0.1, 0.15) is 0 Å². The van der Waals surface area contributed by atoms with Crippen LogP contribution < -0.4 is 5.69 Å². The summed E-state index contributed by atoms with van der Waals surface area (Å²) in [6.07, 6.45) is 3.19. The summed E-state index contributed by atoms with van der Waals surface area (Å²) in [6, 6.07) is 9.76. The molecular formula is C14H12N4O. The summed E-state index contributed by atoms with van der Waals surface area (Å²) in [5.41, 5.74) is 2.52. The Morgan fingerprint density at radius 3 is 2.84 bits per heavy atom. The topological polar surface area (TPSA) is 63.6 Å². The normalized spacial score (nSPS) is 10.7. The molecule has 94 valence electrons. The van der Waals surface area contributed by atoms with Crippen molar-refractivity contribution in [2.45, 2.75) is 6.54 Å². The van der Waals surface area contributed by atoms with Crippen molar-refractivity contribution in [3.8, 4) is 0 Å². The first-order chi connectivity index (χ1) is 9.28. The Morgan fingerprint density at radius 2 is 2.11 bits per heavy atom. The summed E-state index contributed by atoms with van der Waals surface area (Å²) in [6.45, 7) is 4.13. The molecular weight excluding hydrogens is 240 g/mol. The van der Waals surface area contributed by atoms with Crippen molar-refractivity contribution in [1.29, 1.82) is 0 Å². The van der Waals surface area contributed by atoms with Crippen LogP contribution in [-0.4, -0.2) is 19.5 Å². The van der Waals surface area contributed by atoms with Crippen LogP contribution >= 0.6 is 0 Å². The molecule has 2 heterocycles. The Kier molecular flexibility index (Phi) is 2.72. The number of benzene rings is 1. The van der Waals surface area contributed by atoms with E-state index in [0.29, 0.717) is 23.5 Å². The van der Waals surface area contributed by atoms with E-state index < -0.39 is 0 Å². The van der Waals surface area contributed by atoms with E-state index in [4.69, 9.17) is 0 Å². The molecule has 0 spiro atoms. The van der Waals surface area contributed by atoms with Crippen LogP contribution in [-0.2, 0) is 6.54 Å². The van der Waals surface area contributed by atoms with Crippen molar-refractivity contribution in [3.05, 3.63) is 64.8 Å². The summed E-state index contributed by atoms with van der Waals surface area (Å²) < 4.78 is 1.57. The van der Waals surface area contributed by atoms with Gasteiger partial charge < -0.3 is 0 Å². The summed E-state index contributed by atoms with van der Waals surface area (Å²) in [5.74, 6) is 0. The van der Waals surface area contributed by atoms with Gasteiger partial charge in [0.05, 0.1) is 18.4 Å². The minimum Gasteiger partial charge on any atom is -0.289 e. The molecule has 0 aliphatic carbocycles. The fourth-order valence-electron chi connectivity index (χ4n) is 1.94. The number of hydrogen-bond donors (Lipinski definition) is 1. The molecule has 0 aliphatic rings. The molecule has 0 saturated heterocycles. The van der Waals surface area contributed by atoms with Crippen molar-refractivity contribution < 1.29 is 0 Å². The molecule has 0 amide bonds. The predicted molar refractivity (Wildman–Crippen MR) is 73.8 cm³/mol. The minimum atomic E-state index is -0.208. The first kappa shape index (κ1) is 11.4. The van der Waals surface area contributed by atoms with Crippen molar-refractivity contribution >= 4 is 17.4 Å². The number of nitrogens with zero attached hydrogens (tertiary/aromatic N) is 3. The van der Waals surface area contributed by atoms with Crippen LogP contribution in [0.1, 0.15) is 11.3 Å². The minimum absolute atomic E-state index is 0.208. The number of aromatic nitrogens is 4. The van der Waals surface area contributed by atoms with E-state index in [1.807, 2.05) is 30.3 Å². The van der Waals surface area contributed by atoms with E-state index in [2.05, 4.69) is 21.5 Å². The van der Waals surface area contributed by atoms with Crippen LogP contribution in [0.2, 0.25) is 0 Å². The fourth-order valence-corrected chi connectivity index (χ4v) is 1.94. The van der Waals surface area contributed by atoms with Gasteiger partial charge in [-0.3, -0.25) is 9.55 Å². The highest BCUT2D eigenvalue weighted by atomic mass is 16.1. The number of nitrogens with one attached hydrogen (secondary N) is 1. The van der Waals surface area contributed by atoms with Gasteiger partial charge >= 0.3 is 5.69 Å². The maximum absolute atomic E-state index is 11.9. The molecule has 19 heavy (non-hydrogen) atoms. The van der Waals surface area contributed by atoms with Crippen LogP contribution in [0, 0.1) is 0 Å². The molecule has 0 aliphatic heterocycles. The lowest BCUT2D eigenvalue weighted by Gasteiger charge is -2.02. The fraction of sp³-hybridized carbons (Fsp3) is 0.0714. The highest BCUT2D eigenvalue weighted by molar-refractivity contribution is 5.67. The Morgan fingerprint density at radius 1 is 1.32 bits per heavy atom. The van der Waals surface area contributed by atoms with E-state index in [9.17, 15) is 4.79 Å². The molecule has 5 heteroatoms. The highest BCUT2D eigenvalue weighted by Gasteiger charge is 2.09. The molecule has 0 saturated carbocycles. The van der Waals surface area contributed by atoms with Gasteiger partial charge in [-0.05, 0) is 11.6 Å². The maximum Gasteiger partial charge on any atom is 0.329 e. The van der Waals surface area contributed by atoms with Gasteiger partial charge in [-0.15, -0.1) is 0 Å². The Bertz CT molecular complexity index is 786. The van der Waals surface area contributed by atoms with Crippen LogP contribution in [0.25, 0.3) is 17.4 Å². The predicted octanol–water partition coefficient (Wildman–Crippen LogP) is 1.81. The summed E-state index contributed by atoms with van der Waals surface area (Å²) in [4.78, 5) is 23.2. The van der Waals surface area contributed by atoms with Crippen molar-refractivity contribution in [2.75, 3.05) is 0 Å². The van der Waals surface area contributed by atoms with Gasteiger partial charge in [-0.1, -0.05) is 36.9 Å². The van der Waals surface area contributed by atoms with Crippen LogP contribution in [0.4, 0.5) is 0 Å². The standard InChI is InChI=1S/C14H12N4O/c1-2-11-8-15-12-13(16-11)18(14(19)17-12)9-10-6-4-3-5-7-10/h2-8H,1,9H2,(H,15,17,19). The molecule has 0 radical (unpaired) electrons. The number of hydrogen-bond acceptors (Lipinski definition) is 3. The zero-order valence-electron chi connectivity index (χ0n) is 10.2. The van der Waals surface area contributed by atoms with Crippen LogP contribution in [0.3, 0.4) is 0 Å². The molecule has 2 aromatic heterocycles. The van der Waals surface area contributed by atoms with Gasteiger partial charge in [0.15, 0.2) is 11.3 Å². The number of H-pyrrole nitrogens is 1. The van der Waals surface area contributed by atoms with Crippen LogP contribution in [0.15, 0.2) is 47.9 Å². The number of rotatable bonds is 3. The molecule has 0 bridgehead atoms. The van der Waals surface area contributed by atoms with E-state index in [1.54, 1.807) is 16.8 Å². The number of aromatic amines is 1. The molecule has 0 fully saturated rings. The van der Waals surface area contributed by atoms with E-state index in [0.717, 1.165) is 5.56 Å². The maximum atomic E-state index is 11.9. The van der Waals surface area contributed by atoms with E-state index in [1.165, 1.54) is 0 Å². The summed E-state index contributed by atoms with van der Waals surface area (Å²) in [5, 5.41) is 0. The molecule has 1 N–H and O–H groups in total. The monoisotopic (exact) mass is 252 g/mol. The summed E-state index contributed by atoms with van der Waals surface area (Å²) in [7, 11) is 0. The number of fused-ring (bicyclic) bond motifs is 1. The second kappa shape index (κ2) is 4.53. The van der Waals surface area contributed by atoms with Crippen molar-refractivity contribution in [1.82, 2.24) is 19.5 Å². The Labute approximate surface area is 109 Å². The molecule has 3 rings (SSSR count). The lowest BCUT2D eigenvalue weighted by atomic mass is 10.2. The van der Waals surface area contributed by atoms with Gasteiger partial charge in [-0.2, -0.15) is 0 Å². The third-order valence-corrected chi connectivity index (χ3v) is 2.89. The van der Waals surface area contributed by atoms with Gasteiger partial charge in [0.2, 0.25) is 0 Å². The molecule has 3 aromatic rings. The largest absolute Gasteiger partial charge is 0.329 e. The van der Waals surface area contributed by atoms with Crippen molar-refractivity contribution in [2.24, 2.45) is 0 Å². The SMILES string of the molecule is C=Cc1cnc2[nH]c(=O)n(Cc3ccccc3)c2n1. The van der Waals surface area contributed by atoms with Gasteiger partial charge in [0.25, 0.3) is 0 Å². The number of imidazole rings is 1. The summed E-state index contributed by atoms with van der Waals surface area (Å²) >= 11 is 0. The average Bonchev–Trinajstić information content (AvgIpc) is 2.76. The lowest BCUT2D eigenvalue weighted by molar-refractivity contribution is 0.778. The molecule has 0 unspecified atom stereocenters. The lowest BCUT2D eigenvalue weighted by Crippen LogP contribution is -2.17. The first-order valence-electron chi connectivity index (χ1n) is 5.90. The zero-order chi connectivity index (χ0) is 13.2. The highest BCUT2D eigenvalue weighted by Crippen LogP contribution is 2.09. The Hall–Kier alpha value is -2.69. The Balaban J connectivity index is 2.14. The van der Waals surface area contributed by atoms with Crippen LogP contribution in [0.5, 0.6) is 0 Å². The molecule has 0 atom stereocenters. The van der Waals surface area contributed by atoms with Crippen molar-refractivity contribution in [3.63, 3.8) is 0 Å².